The molecule has 0 fully saturated rings. The molecule has 0 spiro atoms. The van der Waals surface area contributed by atoms with Crippen molar-refractivity contribution in [2.45, 2.75) is 53.6 Å². The van der Waals surface area contributed by atoms with Gasteiger partial charge in [0.25, 0.3) is 0 Å². The number of aromatic nitrogens is 5. The topological polar surface area (TPSA) is 149 Å². The van der Waals surface area contributed by atoms with Gasteiger partial charge in [-0.25, -0.2) is 19.9 Å². The van der Waals surface area contributed by atoms with Crippen molar-refractivity contribution in [1.29, 1.82) is 0 Å². The molecule has 7 rings (SSSR count). The van der Waals surface area contributed by atoms with E-state index in [9.17, 15) is 14.8 Å². The SMILES string of the molecule is Cc1cccc([C@@H](C)Nc2nc(C)nc3ccc(-c4cc[nH]c(=O)c4)cc23)c1.Cc1cccc([C@@H](C)Nc2nc(C)nc3ccc(B(O)O)cc23)c1. The van der Waals surface area contributed by atoms with Crippen LogP contribution in [-0.4, -0.2) is 42.1 Å². The highest BCUT2D eigenvalue weighted by Crippen LogP contribution is 2.30. The molecule has 2 atom stereocenters. The molecule has 0 radical (unpaired) electrons. The molecule has 0 saturated heterocycles. The quantitative estimate of drug-likeness (QED) is 0.108. The van der Waals surface area contributed by atoms with Crippen molar-refractivity contribution in [2.75, 3.05) is 10.6 Å². The maximum atomic E-state index is 11.7. The summed E-state index contributed by atoms with van der Waals surface area (Å²) in [5.41, 5.74) is 8.56. The third-order valence-electron chi connectivity index (χ3n) is 8.84. The first kappa shape index (κ1) is 35.9. The normalized spacial score (nSPS) is 12.2. The zero-order valence-electron chi connectivity index (χ0n) is 30.1. The maximum absolute atomic E-state index is 11.7. The van der Waals surface area contributed by atoms with Gasteiger partial charge < -0.3 is 25.7 Å². The van der Waals surface area contributed by atoms with Crippen molar-refractivity contribution < 1.29 is 10.0 Å². The minimum absolute atomic E-state index is 0.0603. The Bertz CT molecular complexity index is 2430. The van der Waals surface area contributed by atoms with Gasteiger partial charge in [0.2, 0.25) is 5.56 Å². The van der Waals surface area contributed by atoms with Gasteiger partial charge in [0.1, 0.15) is 23.3 Å². The number of anilines is 2. The van der Waals surface area contributed by atoms with E-state index in [1.54, 1.807) is 30.5 Å². The van der Waals surface area contributed by atoms with Gasteiger partial charge in [-0.05, 0) is 99.6 Å². The van der Waals surface area contributed by atoms with E-state index in [-0.39, 0.29) is 17.6 Å². The van der Waals surface area contributed by atoms with Gasteiger partial charge >= 0.3 is 7.12 Å². The van der Waals surface area contributed by atoms with Crippen LogP contribution in [-0.2, 0) is 0 Å². The minimum atomic E-state index is -1.52. The third kappa shape index (κ3) is 8.51. The molecule has 4 aromatic carbocycles. The van der Waals surface area contributed by atoms with Crippen molar-refractivity contribution in [2.24, 2.45) is 0 Å². The molecular weight excluding hydrogens is 649 g/mol. The fourth-order valence-electron chi connectivity index (χ4n) is 6.15. The Balaban J connectivity index is 0.000000181. The van der Waals surface area contributed by atoms with E-state index < -0.39 is 7.12 Å². The Hall–Kier alpha value is -5.91. The molecular formula is C41H42BN7O3. The summed E-state index contributed by atoms with van der Waals surface area (Å²) in [7, 11) is -1.52. The van der Waals surface area contributed by atoms with Crippen LogP contribution in [0.25, 0.3) is 32.9 Å². The van der Waals surface area contributed by atoms with Crippen LogP contribution in [0.1, 0.15) is 59.8 Å². The summed E-state index contributed by atoms with van der Waals surface area (Å²) < 4.78 is 0. The molecule has 0 aliphatic rings. The van der Waals surface area contributed by atoms with Crippen molar-refractivity contribution in [1.82, 2.24) is 24.9 Å². The van der Waals surface area contributed by atoms with Gasteiger partial charge in [-0.2, -0.15) is 0 Å². The lowest BCUT2D eigenvalue weighted by molar-refractivity contribution is 0.426. The first-order chi connectivity index (χ1) is 24.9. The van der Waals surface area contributed by atoms with E-state index >= 15 is 0 Å². The highest BCUT2D eigenvalue weighted by molar-refractivity contribution is 6.59. The Morgan fingerprint density at radius 1 is 0.615 bits per heavy atom. The second-order valence-electron chi connectivity index (χ2n) is 13.1. The van der Waals surface area contributed by atoms with E-state index in [1.165, 1.54) is 16.7 Å². The summed E-state index contributed by atoms with van der Waals surface area (Å²) in [6.45, 7) is 12.1. The van der Waals surface area contributed by atoms with Crippen LogP contribution >= 0.6 is 0 Å². The van der Waals surface area contributed by atoms with Crippen LogP contribution in [0.15, 0.2) is 108 Å². The van der Waals surface area contributed by atoms with Gasteiger partial charge in [0.15, 0.2) is 0 Å². The number of hydrogen-bond acceptors (Lipinski definition) is 9. The number of nitrogens with zero attached hydrogens (tertiary/aromatic N) is 4. The van der Waals surface area contributed by atoms with Gasteiger partial charge in [-0.3, -0.25) is 4.79 Å². The van der Waals surface area contributed by atoms with E-state index in [2.05, 4.69) is 106 Å². The number of H-pyrrole nitrogens is 1. The number of rotatable bonds is 8. The number of aromatic amines is 1. The molecule has 0 saturated carbocycles. The zero-order chi connectivity index (χ0) is 36.9. The summed E-state index contributed by atoms with van der Waals surface area (Å²) in [4.78, 5) is 32.5. The predicted molar refractivity (Wildman–Crippen MR) is 211 cm³/mol. The largest absolute Gasteiger partial charge is 0.488 e. The van der Waals surface area contributed by atoms with E-state index in [4.69, 9.17) is 0 Å². The number of aryl methyl sites for hydroxylation is 4. The summed E-state index contributed by atoms with van der Waals surface area (Å²) >= 11 is 0. The number of benzene rings is 4. The molecule has 10 nitrogen and oxygen atoms in total. The Kier molecular flexibility index (Phi) is 10.7. The first-order valence-corrected chi connectivity index (χ1v) is 17.2. The van der Waals surface area contributed by atoms with E-state index in [0.717, 1.165) is 50.1 Å². The maximum Gasteiger partial charge on any atom is 0.488 e. The second kappa shape index (κ2) is 15.5. The average molecular weight is 692 g/mol. The number of nitrogens with one attached hydrogen (secondary N) is 3. The van der Waals surface area contributed by atoms with Crippen LogP contribution in [0, 0.1) is 27.7 Å². The van der Waals surface area contributed by atoms with E-state index in [0.29, 0.717) is 17.1 Å². The lowest BCUT2D eigenvalue weighted by atomic mass is 9.80. The van der Waals surface area contributed by atoms with Crippen molar-refractivity contribution in [3.63, 3.8) is 0 Å². The summed E-state index contributed by atoms with van der Waals surface area (Å²) in [5.74, 6) is 2.87. The number of pyridine rings is 1. The zero-order valence-corrected chi connectivity index (χ0v) is 30.1. The molecule has 7 aromatic rings. The van der Waals surface area contributed by atoms with Crippen molar-refractivity contribution in [3.8, 4) is 11.1 Å². The predicted octanol–water partition coefficient (Wildman–Crippen LogP) is 6.87. The first-order valence-electron chi connectivity index (χ1n) is 17.2. The molecule has 0 amide bonds. The van der Waals surface area contributed by atoms with Crippen molar-refractivity contribution in [3.05, 3.63) is 148 Å². The number of fused-ring (bicyclic) bond motifs is 2. The number of hydrogen-bond donors (Lipinski definition) is 5. The van der Waals surface area contributed by atoms with Crippen LogP contribution < -0.4 is 21.7 Å². The molecule has 0 bridgehead atoms. The van der Waals surface area contributed by atoms with Crippen LogP contribution in [0.4, 0.5) is 11.6 Å². The standard InChI is InChI=1S/C23H22N4O.C18H20BN3O2/c1-14-5-4-6-17(11-14)15(2)25-23-20-12-18(19-9-10-24-22(28)13-19)7-8-21(20)26-16(3)27-23;1-11-5-4-6-14(9-11)12(2)20-18-16-10-15(19(23)24)7-8-17(16)21-13(3)22-18/h4-13,15H,1-3H3,(H,24,28)(H,25,26,27);4-10,12,23-24H,1-3H3,(H,20,21,22)/t15-;12-/m11/s1. The third-order valence-corrected chi connectivity index (χ3v) is 8.84. The van der Waals surface area contributed by atoms with Gasteiger partial charge in [0.05, 0.1) is 11.0 Å². The molecule has 5 N–H and O–H groups in total. The molecule has 262 valence electrons. The van der Waals surface area contributed by atoms with Crippen LogP contribution in [0.2, 0.25) is 0 Å². The molecule has 11 heteroatoms. The lowest BCUT2D eigenvalue weighted by Gasteiger charge is -2.17. The highest BCUT2D eigenvalue weighted by atomic mass is 16.4. The average Bonchev–Trinajstić information content (AvgIpc) is 3.11. The highest BCUT2D eigenvalue weighted by Gasteiger charge is 2.16. The minimum Gasteiger partial charge on any atom is -0.423 e. The molecule has 0 unspecified atom stereocenters. The molecule has 52 heavy (non-hydrogen) atoms. The molecule has 0 aliphatic heterocycles. The summed E-state index contributed by atoms with van der Waals surface area (Å²) in [5, 5.41) is 27.5. The van der Waals surface area contributed by atoms with Crippen LogP contribution in [0.5, 0.6) is 0 Å². The summed E-state index contributed by atoms with van der Waals surface area (Å²) in [6.07, 6.45) is 1.66. The van der Waals surface area contributed by atoms with Gasteiger partial charge in [0, 0.05) is 35.1 Å². The monoisotopic (exact) mass is 691 g/mol. The van der Waals surface area contributed by atoms with Gasteiger partial charge in [-0.1, -0.05) is 71.8 Å². The fourth-order valence-corrected chi connectivity index (χ4v) is 6.15. The fraction of sp³-hybridized carbons (Fsp3) is 0.195. The van der Waals surface area contributed by atoms with Crippen LogP contribution in [0.3, 0.4) is 0 Å². The second-order valence-corrected chi connectivity index (χ2v) is 13.1. The Morgan fingerprint density at radius 2 is 1.13 bits per heavy atom. The van der Waals surface area contributed by atoms with Crippen molar-refractivity contribution >= 4 is 46.0 Å². The Morgan fingerprint density at radius 3 is 1.65 bits per heavy atom. The van der Waals surface area contributed by atoms with Gasteiger partial charge in [-0.15, -0.1) is 0 Å². The molecule has 3 heterocycles. The molecule has 0 aliphatic carbocycles. The van der Waals surface area contributed by atoms with E-state index in [1.807, 2.05) is 44.2 Å². The summed E-state index contributed by atoms with van der Waals surface area (Å²) in [6, 6.07) is 31.5. The Labute approximate surface area is 303 Å². The lowest BCUT2D eigenvalue weighted by Crippen LogP contribution is -2.29. The molecule has 3 aromatic heterocycles. The smallest absolute Gasteiger partial charge is 0.423 e.